The van der Waals surface area contributed by atoms with Gasteiger partial charge in [-0.05, 0) is 18.4 Å². The molecule has 0 radical (unpaired) electrons. The van der Waals surface area contributed by atoms with Crippen molar-refractivity contribution >= 4 is 0 Å². The summed E-state index contributed by atoms with van der Waals surface area (Å²) in [6.45, 7) is 3.65. The molecule has 0 fully saturated rings. The molecule has 1 nitrogen and oxygen atoms in total. The molecule has 0 aliphatic carbocycles. The van der Waals surface area contributed by atoms with Gasteiger partial charge in [-0.2, -0.15) is 0 Å². The second-order valence-corrected chi connectivity index (χ2v) is 2.92. The van der Waals surface area contributed by atoms with Gasteiger partial charge in [-0.25, -0.2) is 0 Å². The molecule has 0 aliphatic rings. The highest BCUT2D eigenvalue weighted by atomic mass is 14.6. The Bertz CT molecular complexity index is 228. The normalized spacial score (nSPS) is 12.4. The first-order valence-corrected chi connectivity index (χ1v) is 4.25. The summed E-state index contributed by atoms with van der Waals surface area (Å²) in [6.07, 6.45) is 3.81. The number of benzene rings is 1. The Morgan fingerprint density at radius 2 is 2.00 bits per heavy atom. The van der Waals surface area contributed by atoms with Crippen molar-refractivity contribution < 1.29 is 0 Å². The topological polar surface area (TPSA) is 26.0 Å². The fourth-order valence-electron chi connectivity index (χ4n) is 1.10. The van der Waals surface area contributed by atoms with Gasteiger partial charge in [0.15, 0.2) is 0 Å². The average Bonchev–Trinajstić information content (AvgIpc) is 2.16. The van der Waals surface area contributed by atoms with Crippen molar-refractivity contribution in [2.24, 2.45) is 5.73 Å². The molecular weight excluding hydrogens is 146 g/mol. The summed E-state index contributed by atoms with van der Waals surface area (Å²) in [7, 11) is 0. The van der Waals surface area contributed by atoms with Crippen LogP contribution in [0.2, 0.25) is 0 Å². The molecule has 0 aliphatic heterocycles. The molecule has 1 atom stereocenters. The third-order valence-corrected chi connectivity index (χ3v) is 1.91. The molecule has 0 amide bonds. The highest BCUT2D eigenvalue weighted by Crippen LogP contribution is 2.03. The smallest absolute Gasteiger partial charge is 0.0224 e. The van der Waals surface area contributed by atoms with Gasteiger partial charge in [0.2, 0.25) is 0 Å². The van der Waals surface area contributed by atoms with Gasteiger partial charge in [0.05, 0.1) is 0 Å². The fourth-order valence-corrected chi connectivity index (χ4v) is 1.10. The minimum absolute atomic E-state index is 0.130. The van der Waals surface area contributed by atoms with Gasteiger partial charge in [-0.1, -0.05) is 36.4 Å². The van der Waals surface area contributed by atoms with Crippen LogP contribution < -0.4 is 5.73 Å². The van der Waals surface area contributed by atoms with Gasteiger partial charge < -0.3 is 5.73 Å². The van der Waals surface area contributed by atoms with E-state index in [0.29, 0.717) is 0 Å². The third kappa shape index (κ3) is 2.89. The van der Waals surface area contributed by atoms with E-state index in [1.54, 1.807) is 6.08 Å². The van der Waals surface area contributed by atoms with E-state index in [4.69, 9.17) is 5.73 Å². The van der Waals surface area contributed by atoms with Crippen LogP contribution in [0.1, 0.15) is 12.0 Å². The van der Waals surface area contributed by atoms with Crippen LogP contribution in [0.3, 0.4) is 0 Å². The van der Waals surface area contributed by atoms with E-state index in [-0.39, 0.29) is 6.04 Å². The Labute approximate surface area is 73.9 Å². The van der Waals surface area contributed by atoms with Gasteiger partial charge in [0.1, 0.15) is 0 Å². The summed E-state index contributed by atoms with van der Waals surface area (Å²) in [4.78, 5) is 0. The zero-order valence-corrected chi connectivity index (χ0v) is 7.24. The number of rotatable bonds is 4. The third-order valence-electron chi connectivity index (χ3n) is 1.91. The molecule has 1 heteroatoms. The zero-order chi connectivity index (χ0) is 8.81. The maximum absolute atomic E-state index is 5.70. The monoisotopic (exact) mass is 161 g/mol. The van der Waals surface area contributed by atoms with Gasteiger partial charge in [-0.15, -0.1) is 6.58 Å². The Morgan fingerprint density at radius 1 is 1.33 bits per heavy atom. The molecule has 0 bridgehead atoms. The van der Waals surface area contributed by atoms with Crippen molar-refractivity contribution in [2.45, 2.75) is 18.9 Å². The summed E-state index contributed by atoms with van der Waals surface area (Å²) in [5.74, 6) is 0. The predicted octanol–water partition coefficient (Wildman–Crippen LogP) is 2.13. The summed E-state index contributed by atoms with van der Waals surface area (Å²) in [5, 5.41) is 0. The van der Waals surface area contributed by atoms with Crippen LogP contribution >= 0.6 is 0 Å². The largest absolute Gasteiger partial charge is 0.324 e. The summed E-state index contributed by atoms with van der Waals surface area (Å²) in [5.41, 5.74) is 7.05. The van der Waals surface area contributed by atoms with Gasteiger partial charge in [-0.3, -0.25) is 0 Å². The summed E-state index contributed by atoms with van der Waals surface area (Å²) >= 11 is 0. The van der Waals surface area contributed by atoms with Crippen molar-refractivity contribution in [1.29, 1.82) is 0 Å². The first-order chi connectivity index (χ1) is 5.83. The van der Waals surface area contributed by atoms with Crippen LogP contribution in [0.15, 0.2) is 43.0 Å². The Balaban J connectivity index is 2.38. The molecule has 0 saturated heterocycles. The van der Waals surface area contributed by atoms with E-state index in [1.807, 2.05) is 6.07 Å². The van der Waals surface area contributed by atoms with Crippen LogP contribution in [0.4, 0.5) is 0 Å². The van der Waals surface area contributed by atoms with Crippen molar-refractivity contribution in [3.63, 3.8) is 0 Å². The minimum Gasteiger partial charge on any atom is -0.324 e. The van der Waals surface area contributed by atoms with E-state index in [2.05, 4.69) is 30.8 Å². The maximum atomic E-state index is 5.70. The lowest BCUT2D eigenvalue weighted by Gasteiger charge is -2.04. The van der Waals surface area contributed by atoms with Crippen LogP contribution in [0.5, 0.6) is 0 Å². The minimum atomic E-state index is 0.130. The van der Waals surface area contributed by atoms with E-state index in [1.165, 1.54) is 5.56 Å². The Kier molecular flexibility index (Phi) is 3.55. The molecule has 64 valence electrons. The second-order valence-electron chi connectivity index (χ2n) is 2.92. The fraction of sp³-hybridized carbons (Fsp3) is 0.273. The van der Waals surface area contributed by atoms with Crippen LogP contribution in [0.25, 0.3) is 0 Å². The second kappa shape index (κ2) is 4.73. The quantitative estimate of drug-likeness (QED) is 0.673. The van der Waals surface area contributed by atoms with Gasteiger partial charge in [0, 0.05) is 6.04 Å². The zero-order valence-electron chi connectivity index (χ0n) is 7.24. The van der Waals surface area contributed by atoms with Crippen molar-refractivity contribution in [3.05, 3.63) is 48.6 Å². The predicted molar refractivity (Wildman–Crippen MR) is 52.9 cm³/mol. The lowest BCUT2D eigenvalue weighted by Crippen LogP contribution is -2.16. The lowest BCUT2D eigenvalue weighted by molar-refractivity contribution is 0.722. The van der Waals surface area contributed by atoms with Crippen molar-refractivity contribution in [3.8, 4) is 0 Å². The number of hydrogen-bond acceptors (Lipinski definition) is 1. The Hall–Kier alpha value is -1.08. The molecule has 0 unspecified atom stereocenters. The molecule has 0 aromatic heterocycles. The molecular formula is C11H15N. The van der Waals surface area contributed by atoms with Gasteiger partial charge >= 0.3 is 0 Å². The van der Waals surface area contributed by atoms with Crippen LogP contribution in [-0.4, -0.2) is 6.04 Å². The standard InChI is InChI=1S/C11H15N/c1-2-11(12)9-8-10-6-4-3-5-7-10/h2-7,11H,1,8-9,12H2/t11-/m1/s1. The van der Waals surface area contributed by atoms with Crippen molar-refractivity contribution in [2.75, 3.05) is 0 Å². The first kappa shape index (κ1) is 9.01. The number of nitrogens with two attached hydrogens (primary N) is 1. The molecule has 1 rings (SSSR count). The molecule has 12 heavy (non-hydrogen) atoms. The average molecular weight is 161 g/mol. The highest BCUT2D eigenvalue weighted by Gasteiger charge is 1.96. The molecule has 0 saturated carbocycles. The van der Waals surface area contributed by atoms with Crippen LogP contribution in [-0.2, 0) is 6.42 Å². The van der Waals surface area contributed by atoms with Gasteiger partial charge in [0.25, 0.3) is 0 Å². The van der Waals surface area contributed by atoms with Crippen molar-refractivity contribution in [1.82, 2.24) is 0 Å². The van der Waals surface area contributed by atoms with E-state index in [9.17, 15) is 0 Å². The highest BCUT2D eigenvalue weighted by molar-refractivity contribution is 5.14. The van der Waals surface area contributed by atoms with Crippen LogP contribution in [0, 0.1) is 0 Å². The molecule has 1 aromatic carbocycles. The first-order valence-electron chi connectivity index (χ1n) is 4.25. The molecule has 1 aromatic rings. The number of aryl methyl sites for hydroxylation is 1. The number of hydrogen-bond donors (Lipinski definition) is 1. The maximum Gasteiger partial charge on any atom is 0.0224 e. The van der Waals surface area contributed by atoms with E-state index >= 15 is 0 Å². The Morgan fingerprint density at radius 3 is 2.58 bits per heavy atom. The molecule has 0 heterocycles. The van der Waals surface area contributed by atoms with E-state index < -0.39 is 0 Å². The summed E-state index contributed by atoms with van der Waals surface area (Å²) < 4.78 is 0. The summed E-state index contributed by atoms with van der Waals surface area (Å²) in [6, 6.07) is 10.5. The molecule has 2 N–H and O–H groups in total. The SMILES string of the molecule is C=C[C@@H](N)CCc1ccccc1. The van der Waals surface area contributed by atoms with E-state index in [0.717, 1.165) is 12.8 Å². The lowest BCUT2D eigenvalue weighted by atomic mass is 10.1. The molecule has 0 spiro atoms.